The Morgan fingerprint density at radius 3 is 1.54 bits per heavy atom. The molecule has 0 aliphatic heterocycles. The van der Waals surface area contributed by atoms with Gasteiger partial charge in [0.15, 0.2) is 0 Å². The SMILES string of the molecule is c1ccc(-c2ccccc2-c2ccc3c(-c4cccc5ccccc45)c4ccccc4c(-c4cccc(-c5ccc6ccccc6c5)c4)c3c2)cc1. The van der Waals surface area contributed by atoms with E-state index in [9.17, 15) is 0 Å². The van der Waals surface area contributed by atoms with Crippen LogP contribution in [0.3, 0.4) is 0 Å². The van der Waals surface area contributed by atoms with Crippen LogP contribution in [0.2, 0.25) is 0 Å². The van der Waals surface area contributed by atoms with E-state index in [-0.39, 0.29) is 0 Å². The molecule has 0 nitrogen and oxygen atoms in total. The second-order valence-electron chi connectivity index (χ2n) is 13.6. The Morgan fingerprint density at radius 1 is 0.192 bits per heavy atom. The van der Waals surface area contributed by atoms with Gasteiger partial charge in [0.05, 0.1) is 0 Å². The highest BCUT2D eigenvalue weighted by atomic mass is 14.2. The van der Waals surface area contributed by atoms with Gasteiger partial charge in [-0.15, -0.1) is 0 Å². The van der Waals surface area contributed by atoms with Gasteiger partial charge in [-0.2, -0.15) is 0 Å². The average molecular weight is 659 g/mol. The van der Waals surface area contributed by atoms with Gasteiger partial charge in [0.1, 0.15) is 0 Å². The molecule has 0 heteroatoms. The number of hydrogen-bond acceptors (Lipinski definition) is 0. The fraction of sp³-hybridized carbons (Fsp3) is 0. The lowest BCUT2D eigenvalue weighted by atomic mass is 9.83. The maximum atomic E-state index is 2.44. The monoisotopic (exact) mass is 658 g/mol. The van der Waals surface area contributed by atoms with E-state index in [0.29, 0.717) is 0 Å². The summed E-state index contributed by atoms with van der Waals surface area (Å²) in [5.41, 5.74) is 12.3. The van der Waals surface area contributed by atoms with Crippen LogP contribution in [0.5, 0.6) is 0 Å². The number of hydrogen-bond donors (Lipinski definition) is 0. The van der Waals surface area contributed by atoms with E-state index < -0.39 is 0 Å². The normalized spacial score (nSPS) is 11.5. The van der Waals surface area contributed by atoms with Crippen molar-refractivity contribution in [2.24, 2.45) is 0 Å². The van der Waals surface area contributed by atoms with Crippen molar-refractivity contribution in [2.75, 3.05) is 0 Å². The minimum absolute atomic E-state index is 1.21. The van der Waals surface area contributed by atoms with Gasteiger partial charge in [0, 0.05) is 0 Å². The van der Waals surface area contributed by atoms with Gasteiger partial charge >= 0.3 is 0 Å². The zero-order valence-electron chi connectivity index (χ0n) is 28.6. The van der Waals surface area contributed by atoms with Crippen LogP contribution in [0, 0.1) is 0 Å². The van der Waals surface area contributed by atoms with E-state index in [4.69, 9.17) is 0 Å². The van der Waals surface area contributed by atoms with Crippen molar-refractivity contribution < 1.29 is 0 Å². The molecule has 0 aromatic heterocycles. The van der Waals surface area contributed by atoms with E-state index in [0.717, 1.165) is 0 Å². The third-order valence-corrected chi connectivity index (χ3v) is 10.6. The molecule has 52 heavy (non-hydrogen) atoms. The second kappa shape index (κ2) is 12.5. The van der Waals surface area contributed by atoms with Crippen LogP contribution in [0.4, 0.5) is 0 Å². The van der Waals surface area contributed by atoms with Crippen molar-refractivity contribution in [1.82, 2.24) is 0 Å². The van der Waals surface area contributed by atoms with Gasteiger partial charge in [-0.1, -0.05) is 188 Å². The molecule has 0 heterocycles. The summed E-state index contributed by atoms with van der Waals surface area (Å²) in [5, 5.41) is 10.0. The maximum Gasteiger partial charge on any atom is -0.00201 e. The predicted octanol–water partition coefficient (Wildman–Crippen LogP) is 14.6. The molecule has 0 unspecified atom stereocenters. The van der Waals surface area contributed by atoms with E-state index in [1.54, 1.807) is 0 Å². The Morgan fingerprint density at radius 2 is 0.712 bits per heavy atom. The zero-order chi connectivity index (χ0) is 34.4. The largest absolute Gasteiger partial charge is 0.0622 e. The first kappa shape index (κ1) is 30.1. The zero-order valence-corrected chi connectivity index (χ0v) is 28.6. The molecule has 0 saturated heterocycles. The van der Waals surface area contributed by atoms with E-state index in [2.05, 4.69) is 206 Å². The van der Waals surface area contributed by atoms with Gasteiger partial charge in [-0.25, -0.2) is 0 Å². The van der Waals surface area contributed by atoms with Crippen LogP contribution in [-0.2, 0) is 0 Å². The van der Waals surface area contributed by atoms with E-state index >= 15 is 0 Å². The Balaban J connectivity index is 1.29. The molecular weight excluding hydrogens is 625 g/mol. The van der Waals surface area contributed by atoms with E-state index in [1.807, 2.05) is 0 Å². The number of fused-ring (bicyclic) bond motifs is 4. The number of rotatable bonds is 5. The molecule has 0 atom stereocenters. The van der Waals surface area contributed by atoms with Crippen LogP contribution >= 0.6 is 0 Å². The van der Waals surface area contributed by atoms with Gasteiger partial charge in [-0.3, -0.25) is 0 Å². The van der Waals surface area contributed by atoms with Crippen molar-refractivity contribution >= 4 is 43.1 Å². The molecule has 10 aromatic carbocycles. The first-order chi connectivity index (χ1) is 25.8. The molecule has 0 aliphatic rings. The molecule has 0 amide bonds. The third-order valence-electron chi connectivity index (χ3n) is 10.6. The van der Waals surface area contributed by atoms with Gasteiger partial charge < -0.3 is 0 Å². The van der Waals surface area contributed by atoms with Crippen LogP contribution < -0.4 is 0 Å². The lowest BCUT2D eigenvalue weighted by Crippen LogP contribution is -1.93. The molecule has 10 rings (SSSR count). The first-order valence-corrected chi connectivity index (χ1v) is 18.0. The van der Waals surface area contributed by atoms with Crippen molar-refractivity contribution in [3.8, 4) is 55.6 Å². The summed E-state index contributed by atoms with van der Waals surface area (Å²) in [6, 6.07) is 75.6. The quantitative estimate of drug-likeness (QED) is 0.161. The summed E-state index contributed by atoms with van der Waals surface area (Å²) in [6.45, 7) is 0. The Hall–Kier alpha value is -6.76. The highest BCUT2D eigenvalue weighted by Crippen LogP contribution is 2.47. The maximum absolute atomic E-state index is 2.44. The molecule has 0 fully saturated rings. The summed E-state index contributed by atoms with van der Waals surface area (Å²) in [6.07, 6.45) is 0. The molecule has 0 aliphatic carbocycles. The summed E-state index contributed by atoms with van der Waals surface area (Å²) in [4.78, 5) is 0. The van der Waals surface area contributed by atoms with Crippen LogP contribution in [-0.4, -0.2) is 0 Å². The minimum Gasteiger partial charge on any atom is -0.0622 e. The smallest absolute Gasteiger partial charge is 0.00201 e. The molecule has 0 N–H and O–H groups in total. The molecule has 242 valence electrons. The highest BCUT2D eigenvalue weighted by Gasteiger charge is 2.20. The molecule has 0 bridgehead atoms. The minimum atomic E-state index is 1.21. The fourth-order valence-corrected chi connectivity index (χ4v) is 8.22. The van der Waals surface area contributed by atoms with Crippen LogP contribution in [0.15, 0.2) is 206 Å². The van der Waals surface area contributed by atoms with Gasteiger partial charge in [0.25, 0.3) is 0 Å². The Labute approximate surface area is 303 Å². The summed E-state index contributed by atoms with van der Waals surface area (Å²) in [5.74, 6) is 0. The molecule has 0 saturated carbocycles. The standard InChI is InChI=1S/C52H34/c1-2-15-36(16-3-1)43-22-8-9-24-45(43)41-30-31-49-50(34-41)51(42-21-12-20-39(33-42)40-29-28-35-14-4-5-18-38(35)32-40)47-25-10-11-26-48(47)52(49)46-27-13-19-37-17-6-7-23-44(37)46/h1-34H. The Kier molecular flexibility index (Phi) is 7.25. The van der Waals surface area contributed by atoms with Gasteiger partial charge in [0.2, 0.25) is 0 Å². The highest BCUT2D eigenvalue weighted by molar-refractivity contribution is 6.24. The van der Waals surface area contributed by atoms with Crippen LogP contribution in [0.1, 0.15) is 0 Å². The van der Waals surface area contributed by atoms with Crippen molar-refractivity contribution in [2.45, 2.75) is 0 Å². The number of benzene rings is 10. The fourth-order valence-electron chi connectivity index (χ4n) is 8.22. The molecule has 0 radical (unpaired) electrons. The van der Waals surface area contributed by atoms with Crippen molar-refractivity contribution in [1.29, 1.82) is 0 Å². The third kappa shape index (κ3) is 5.08. The van der Waals surface area contributed by atoms with Crippen molar-refractivity contribution in [3.05, 3.63) is 206 Å². The predicted molar refractivity (Wildman–Crippen MR) is 224 cm³/mol. The lowest BCUT2D eigenvalue weighted by molar-refractivity contribution is 1.59. The lowest BCUT2D eigenvalue weighted by Gasteiger charge is -2.20. The summed E-state index contributed by atoms with van der Waals surface area (Å²) in [7, 11) is 0. The Bertz CT molecular complexity index is 2940. The molecule has 0 spiro atoms. The van der Waals surface area contributed by atoms with Crippen LogP contribution in [0.25, 0.3) is 98.7 Å². The topological polar surface area (TPSA) is 0 Å². The molecule has 10 aromatic rings. The average Bonchev–Trinajstić information content (AvgIpc) is 3.22. The van der Waals surface area contributed by atoms with Gasteiger partial charge in [-0.05, 0) is 117 Å². The van der Waals surface area contributed by atoms with Crippen molar-refractivity contribution in [3.63, 3.8) is 0 Å². The second-order valence-corrected chi connectivity index (χ2v) is 13.6. The summed E-state index contributed by atoms with van der Waals surface area (Å²) < 4.78 is 0. The summed E-state index contributed by atoms with van der Waals surface area (Å²) >= 11 is 0. The van der Waals surface area contributed by atoms with E-state index in [1.165, 1.54) is 98.7 Å². The first-order valence-electron chi connectivity index (χ1n) is 18.0. The molecular formula is C52H34.